The number of urea groups is 1. The summed E-state index contributed by atoms with van der Waals surface area (Å²) in [7, 11) is 1.52. The van der Waals surface area contributed by atoms with Gasteiger partial charge in [-0.25, -0.2) is 9.59 Å². The lowest BCUT2D eigenvalue weighted by molar-refractivity contribution is -0.137. The molecule has 2 saturated heterocycles. The number of fused-ring (bicyclic) bond motifs is 2. The molecule has 3 aliphatic rings. The number of ether oxygens (including phenoxy) is 1. The third kappa shape index (κ3) is 4.11. The number of hydrogen-bond acceptors (Lipinski definition) is 5. The van der Waals surface area contributed by atoms with Gasteiger partial charge in [0.15, 0.2) is 0 Å². The highest BCUT2D eigenvalue weighted by Gasteiger charge is 2.57. The minimum atomic E-state index is -1.45. The number of benzene rings is 2. The highest BCUT2D eigenvalue weighted by Crippen LogP contribution is 2.51. The molecule has 3 N–H and O–H groups in total. The van der Waals surface area contributed by atoms with Crippen molar-refractivity contribution in [1.29, 1.82) is 0 Å². The summed E-state index contributed by atoms with van der Waals surface area (Å²) in [5.74, 6) is -0.870. The lowest BCUT2D eigenvalue weighted by Gasteiger charge is -2.37. The zero-order chi connectivity index (χ0) is 24.6. The Bertz CT molecular complexity index is 1180. The van der Waals surface area contributed by atoms with Crippen molar-refractivity contribution in [1.82, 2.24) is 15.5 Å². The first-order chi connectivity index (χ1) is 16.9. The van der Waals surface area contributed by atoms with Gasteiger partial charge in [-0.1, -0.05) is 36.4 Å². The van der Waals surface area contributed by atoms with Crippen LogP contribution in [-0.2, 0) is 19.9 Å². The Morgan fingerprint density at radius 3 is 2.66 bits per heavy atom. The van der Waals surface area contributed by atoms with Crippen LogP contribution in [0.5, 0.6) is 0 Å². The maximum Gasteiger partial charge on any atom is 0.415 e. The van der Waals surface area contributed by atoms with Gasteiger partial charge in [0, 0.05) is 37.7 Å². The maximum absolute atomic E-state index is 13.6. The van der Waals surface area contributed by atoms with Crippen molar-refractivity contribution in [2.75, 3.05) is 18.9 Å². The van der Waals surface area contributed by atoms with Crippen LogP contribution >= 0.6 is 0 Å². The number of anilines is 1. The molecule has 9 nitrogen and oxygen atoms in total. The Hall–Kier alpha value is -3.88. The fraction of sp³-hybridized carbons (Fsp3) is 0.385. The minimum absolute atomic E-state index is 0.000878. The molecule has 0 saturated carbocycles. The molecule has 2 fully saturated rings. The highest BCUT2D eigenvalue weighted by molar-refractivity contribution is 6.04. The van der Waals surface area contributed by atoms with Gasteiger partial charge >= 0.3 is 12.1 Å². The van der Waals surface area contributed by atoms with E-state index in [1.165, 1.54) is 7.05 Å². The Morgan fingerprint density at radius 1 is 1.14 bits per heavy atom. The smallest absolute Gasteiger partial charge is 0.415 e. The van der Waals surface area contributed by atoms with E-state index in [-0.39, 0.29) is 36.7 Å². The average molecular weight is 477 g/mol. The molecule has 1 spiro atoms. The second-order valence-corrected chi connectivity index (χ2v) is 9.29. The van der Waals surface area contributed by atoms with Gasteiger partial charge in [-0.2, -0.15) is 0 Å². The van der Waals surface area contributed by atoms with E-state index in [1.54, 1.807) is 18.2 Å². The molecule has 5 rings (SSSR count). The van der Waals surface area contributed by atoms with Crippen LogP contribution in [0.2, 0.25) is 0 Å². The summed E-state index contributed by atoms with van der Waals surface area (Å²) >= 11 is 0. The van der Waals surface area contributed by atoms with Gasteiger partial charge in [-0.05, 0) is 48.4 Å². The molecule has 0 aromatic heterocycles. The molecule has 35 heavy (non-hydrogen) atoms. The van der Waals surface area contributed by atoms with Crippen LogP contribution in [0.3, 0.4) is 0 Å². The zero-order valence-electron chi connectivity index (χ0n) is 19.5. The van der Waals surface area contributed by atoms with Crippen molar-refractivity contribution in [3.05, 3.63) is 65.2 Å². The molecule has 9 heteroatoms. The van der Waals surface area contributed by atoms with E-state index in [2.05, 4.69) is 28.1 Å². The third-order valence-electron chi connectivity index (χ3n) is 7.22. The van der Waals surface area contributed by atoms with Crippen molar-refractivity contribution >= 4 is 29.6 Å². The average Bonchev–Trinajstić information content (AvgIpc) is 3.33. The Morgan fingerprint density at radius 2 is 1.94 bits per heavy atom. The molecule has 2 aromatic carbocycles. The summed E-state index contributed by atoms with van der Waals surface area (Å²) in [6.45, 7) is 0.677. The van der Waals surface area contributed by atoms with Gasteiger partial charge in [0.2, 0.25) is 11.5 Å². The van der Waals surface area contributed by atoms with Crippen LogP contribution < -0.4 is 16.0 Å². The number of piperidine rings is 1. The quantitative estimate of drug-likeness (QED) is 0.624. The van der Waals surface area contributed by atoms with Gasteiger partial charge in [0.05, 0.1) is 6.04 Å². The Balaban J connectivity index is 1.45. The lowest BCUT2D eigenvalue weighted by Crippen LogP contribution is -2.39. The number of likely N-dealkylation sites (tertiary alicyclic amines) is 1. The van der Waals surface area contributed by atoms with Crippen LogP contribution in [0, 0.1) is 0 Å². The molecule has 2 heterocycles. The van der Waals surface area contributed by atoms with E-state index < -0.39 is 17.6 Å². The fourth-order valence-electron chi connectivity index (χ4n) is 5.60. The molecule has 2 aliphatic heterocycles. The van der Waals surface area contributed by atoms with Crippen molar-refractivity contribution in [2.24, 2.45) is 0 Å². The van der Waals surface area contributed by atoms with Gasteiger partial charge in [0.25, 0.3) is 5.91 Å². The molecule has 5 amide bonds. The topological polar surface area (TPSA) is 117 Å². The fourth-order valence-corrected chi connectivity index (χ4v) is 5.60. The summed E-state index contributed by atoms with van der Waals surface area (Å²) in [5.41, 5.74) is 1.47. The van der Waals surface area contributed by atoms with E-state index in [1.807, 2.05) is 23.1 Å². The summed E-state index contributed by atoms with van der Waals surface area (Å²) in [6.07, 6.45) is 2.47. The minimum Gasteiger partial charge on any atom is -0.427 e. The molecule has 1 aliphatic carbocycles. The Kier molecular flexibility index (Phi) is 5.92. The number of hydrogen-bond donors (Lipinski definition) is 3. The van der Waals surface area contributed by atoms with Crippen LogP contribution in [0.1, 0.15) is 60.8 Å². The molecule has 2 unspecified atom stereocenters. The molecule has 3 atom stereocenters. The standard InChI is InChI=1S/C26H28N4O5/c1-27-24(33)28-18-10-11-20-19(14-18)17(15-26(20)23(32)29-25(34)35-26)13-22(31)30-12-6-5-9-21(30)16-7-3-2-4-8-16/h2-4,7-8,10-11,14,17,21H,5-6,9,12-13,15H2,1H3,(H2,27,28,33)(H,29,32,34)/t17?,21?,26-/m1/s1. The largest absolute Gasteiger partial charge is 0.427 e. The number of imide groups is 1. The second kappa shape index (κ2) is 9.05. The van der Waals surface area contributed by atoms with E-state index in [0.29, 0.717) is 17.8 Å². The van der Waals surface area contributed by atoms with Crippen molar-refractivity contribution in [2.45, 2.75) is 49.7 Å². The monoisotopic (exact) mass is 476 g/mol. The first kappa shape index (κ1) is 22.9. The number of carbonyl (C=O) groups is 4. The number of alkyl carbamates (subject to hydrolysis) is 1. The molecular formula is C26H28N4O5. The van der Waals surface area contributed by atoms with Crippen LogP contribution in [0.25, 0.3) is 0 Å². The summed E-state index contributed by atoms with van der Waals surface area (Å²) < 4.78 is 5.51. The maximum atomic E-state index is 13.6. The van der Waals surface area contributed by atoms with E-state index >= 15 is 0 Å². The summed E-state index contributed by atoms with van der Waals surface area (Å²) in [4.78, 5) is 52.2. The third-order valence-corrected chi connectivity index (χ3v) is 7.22. The van der Waals surface area contributed by atoms with Crippen molar-refractivity contribution < 1.29 is 23.9 Å². The molecule has 182 valence electrons. The van der Waals surface area contributed by atoms with Gasteiger partial charge in [0.1, 0.15) is 0 Å². The van der Waals surface area contributed by atoms with E-state index in [0.717, 1.165) is 30.4 Å². The summed E-state index contributed by atoms with van der Waals surface area (Å²) in [6, 6.07) is 14.8. The first-order valence-electron chi connectivity index (χ1n) is 11.9. The SMILES string of the molecule is CNC(=O)Nc1ccc2c(c1)C(CC(=O)N1CCCCC1c1ccccc1)C[C@@]21OC(=O)NC1=O. The molecular weight excluding hydrogens is 448 g/mol. The molecule has 0 radical (unpaired) electrons. The predicted octanol–water partition coefficient (Wildman–Crippen LogP) is 3.53. The van der Waals surface area contributed by atoms with Crippen molar-refractivity contribution in [3.8, 4) is 0 Å². The van der Waals surface area contributed by atoms with Crippen LogP contribution in [-0.4, -0.2) is 42.4 Å². The Labute approximate surface area is 203 Å². The number of carbonyl (C=O) groups excluding carboxylic acids is 4. The number of nitrogens with zero attached hydrogens (tertiary/aromatic N) is 1. The van der Waals surface area contributed by atoms with Crippen LogP contribution in [0.15, 0.2) is 48.5 Å². The van der Waals surface area contributed by atoms with Gasteiger partial charge < -0.3 is 20.3 Å². The first-order valence-corrected chi connectivity index (χ1v) is 11.9. The number of nitrogens with one attached hydrogen (secondary N) is 3. The van der Waals surface area contributed by atoms with Gasteiger partial charge in [-0.3, -0.25) is 14.9 Å². The summed E-state index contributed by atoms with van der Waals surface area (Å²) in [5, 5.41) is 7.47. The molecule has 2 aromatic rings. The number of amides is 5. The molecule has 0 bridgehead atoms. The van der Waals surface area contributed by atoms with Gasteiger partial charge in [-0.15, -0.1) is 0 Å². The highest BCUT2D eigenvalue weighted by atomic mass is 16.6. The number of rotatable bonds is 4. The second-order valence-electron chi connectivity index (χ2n) is 9.29. The predicted molar refractivity (Wildman–Crippen MR) is 128 cm³/mol. The lowest BCUT2D eigenvalue weighted by atomic mass is 9.91. The normalized spacial score (nSPS) is 25.1. The zero-order valence-corrected chi connectivity index (χ0v) is 19.5. The van der Waals surface area contributed by atoms with E-state index in [4.69, 9.17) is 4.74 Å². The van der Waals surface area contributed by atoms with Crippen molar-refractivity contribution in [3.63, 3.8) is 0 Å². The van der Waals surface area contributed by atoms with E-state index in [9.17, 15) is 19.2 Å². The van der Waals surface area contributed by atoms with Crippen LogP contribution in [0.4, 0.5) is 15.3 Å².